The first-order valence-corrected chi connectivity index (χ1v) is 15.2. The first-order chi connectivity index (χ1) is 23.8. The van der Waals surface area contributed by atoms with E-state index < -0.39 is 85.1 Å². The fourth-order valence-electron chi connectivity index (χ4n) is 4.62. The largest absolute Gasteiger partial charge is 0 e. The van der Waals surface area contributed by atoms with Gasteiger partial charge in [-0.25, -0.2) is 0 Å². The van der Waals surface area contributed by atoms with Gasteiger partial charge in [0.1, 0.15) is 0 Å². The van der Waals surface area contributed by atoms with Crippen molar-refractivity contribution in [3.63, 3.8) is 0 Å². The van der Waals surface area contributed by atoms with Gasteiger partial charge in [-0.15, -0.1) is 0 Å². The number of ketones is 1. The number of halogens is 3. The van der Waals surface area contributed by atoms with Crippen LogP contribution in [0, 0.1) is 17.9 Å². The second-order valence-electron chi connectivity index (χ2n) is 9.50. The Bertz CT molecular complexity index is 2160. The monoisotopic (exact) mass is 841 g/mol. The van der Waals surface area contributed by atoms with Crippen LogP contribution in [-0.4, -0.2) is 35.4 Å². The third kappa shape index (κ3) is 7.82. The number of fused-ring (bicyclic) bond motifs is 3. The van der Waals surface area contributed by atoms with Crippen molar-refractivity contribution in [1.82, 2.24) is 9.97 Å². The fourth-order valence-corrected chi connectivity index (χ4v) is 6.54. The van der Waals surface area contributed by atoms with Crippen LogP contribution >= 0.6 is 0 Å². The first kappa shape index (κ1) is 23.5. The summed E-state index contributed by atoms with van der Waals surface area (Å²) in [4.78, 5) is 19.4. The quantitative estimate of drug-likeness (QED) is 0.0557. The minimum atomic E-state index is -5.10. The second-order valence-corrected chi connectivity index (χ2v) is 11.6. The minimum absolute atomic E-state index is 0. The summed E-state index contributed by atoms with van der Waals surface area (Å²) in [7, 11) is 0. The van der Waals surface area contributed by atoms with Crippen LogP contribution < -0.4 is 0 Å². The normalized spacial score (nSPS) is 15.0. The number of nitrogens with zero attached hydrogens (tertiary/aromatic N) is 2. The van der Waals surface area contributed by atoms with E-state index in [1.165, 1.54) is 6.08 Å². The van der Waals surface area contributed by atoms with Gasteiger partial charge in [0, 0.05) is 38.0 Å². The van der Waals surface area contributed by atoms with E-state index in [2.05, 4.69) is 16.0 Å². The Kier molecular flexibility index (Phi) is 8.35. The number of carbonyl (C=O) groups excluding carboxylic acids is 1. The number of aliphatic hydroxyl groups excluding tert-OH is 1. The molecule has 229 valence electrons. The van der Waals surface area contributed by atoms with E-state index in [1.54, 1.807) is 0 Å². The molecule has 4 nitrogen and oxygen atoms in total. The predicted octanol–water partition coefficient (Wildman–Crippen LogP) is 9.35. The van der Waals surface area contributed by atoms with Gasteiger partial charge in [-0.3, -0.25) is 4.79 Å². The number of alkyl halides is 3. The molecule has 1 N–H and O–H groups in total. The smallest absolute Gasteiger partial charge is 0 e. The molecular weight excluding hydrogens is 797 g/mol. The Hall–Kier alpha value is -2.83. The molecule has 0 unspecified atom stereocenters. The van der Waals surface area contributed by atoms with Gasteiger partial charge in [-0.05, 0) is 25.7 Å². The summed E-state index contributed by atoms with van der Waals surface area (Å²) in [5, 5.41) is 8.41. The van der Waals surface area contributed by atoms with Gasteiger partial charge in [-0.2, -0.15) is 0 Å². The molecule has 0 aliphatic rings. The van der Waals surface area contributed by atoms with Gasteiger partial charge in [-0.1, -0.05) is 27.7 Å². The van der Waals surface area contributed by atoms with Crippen LogP contribution in [0.25, 0.3) is 41.5 Å². The van der Waals surface area contributed by atoms with Crippen molar-refractivity contribution in [2.24, 2.45) is 11.8 Å². The van der Waals surface area contributed by atoms with E-state index in [-0.39, 0.29) is 80.7 Å². The zero-order valence-corrected chi connectivity index (χ0v) is 27.9. The maximum Gasteiger partial charge on any atom is 0 e. The van der Waals surface area contributed by atoms with Gasteiger partial charge in [0.25, 0.3) is 0 Å². The Morgan fingerprint density at radius 1 is 0.977 bits per heavy atom. The van der Waals surface area contributed by atoms with Crippen LogP contribution in [0.5, 0.6) is 0 Å². The van der Waals surface area contributed by atoms with Crippen LogP contribution in [0.2, 0.25) is 0 Å². The predicted molar refractivity (Wildman–Crippen MR) is 165 cm³/mol. The average molecular weight is 840 g/mol. The van der Waals surface area contributed by atoms with E-state index in [0.717, 1.165) is 31.7 Å². The van der Waals surface area contributed by atoms with E-state index in [4.69, 9.17) is 12.3 Å². The number of allylic oxidation sites excluding steroid dienone is 2. The van der Waals surface area contributed by atoms with E-state index >= 15 is 0 Å². The molecule has 2 aromatic heterocycles. The molecular formula is C34H34F3IrN2O2Se-. The van der Waals surface area contributed by atoms with Gasteiger partial charge < -0.3 is 5.11 Å². The molecule has 2 heterocycles. The number of rotatable bonds is 8. The first-order valence-electron chi connectivity index (χ1n) is 18.0. The Morgan fingerprint density at radius 2 is 1.60 bits per heavy atom. The summed E-state index contributed by atoms with van der Waals surface area (Å²) in [6, 6.07) is -0.786. The third-order valence-electron chi connectivity index (χ3n) is 7.00. The van der Waals surface area contributed by atoms with Crippen molar-refractivity contribution in [2.75, 3.05) is 0 Å². The maximum atomic E-state index is 14.4. The summed E-state index contributed by atoms with van der Waals surface area (Å²) in [5.41, 5.74) is -2.31. The molecule has 1 radical (unpaired) electrons. The van der Waals surface area contributed by atoms with E-state index in [9.17, 15) is 23.1 Å². The topological polar surface area (TPSA) is 63.1 Å². The molecule has 0 saturated carbocycles. The van der Waals surface area contributed by atoms with E-state index in [0.29, 0.717) is 0 Å². The summed E-state index contributed by atoms with van der Waals surface area (Å²) < 4.78 is 116. The van der Waals surface area contributed by atoms with Crippen molar-refractivity contribution in [3.05, 3.63) is 84.2 Å². The number of aliphatic hydroxyl groups is 1. The van der Waals surface area contributed by atoms with Crippen molar-refractivity contribution in [2.45, 2.75) is 59.6 Å². The summed E-state index contributed by atoms with van der Waals surface area (Å²) in [5.74, 6) is 0.547. The van der Waals surface area contributed by atoms with Crippen LogP contribution in [0.15, 0.2) is 72.5 Å². The molecule has 43 heavy (non-hydrogen) atoms. The van der Waals surface area contributed by atoms with Gasteiger partial charge in [0.05, 0.1) is 5.76 Å². The van der Waals surface area contributed by atoms with Crippen LogP contribution in [0.1, 0.15) is 71.3 Å². The SMILES string of the molecule is CCC(CC)C(=O)/C=C(\O)C(CC)CC.[2H]c1nc(-c2[c-]c3c([2H])c([2H])c([2H])c([2H])c3[se]2)c2cc3c([2H])c([2H])c([2H])c([2H])c3c(C(F)(F)F)c2n1.[Ir]. The molecule has 0 amide bonds. The average Bonchev–Trinajstić information content (AvgIpc) is 3.53. The van der Waals surface area contributed by atoms with Crippen molar-refractivity contribution in [3.8, 4) is 10.1 Å². The number of benzene rings is 3. The minimum Gasteiger partial charge on any atom is 0 e. The van der Waals surface area contributed by atoms with Gasteiger partial charge in [0.15, 0.2) is 5.78 Å². The molecule has 0 saturated heterocycles. The molecule has 0 atom stereocenters. The van der Waals surface area contributed by atoms with Crippen molar-refractivity contribution >= 4 is 51.6 Å². The Morgan fingerprint density at radius 3 is 2.26 bits per heavy atom. The Balaban J connectivity index is 0.000000389. The zero-order valence-electron chi connectivity index (χ0n) is 32.8. The van der Waals surface area contributed by atoms with Crippen LogP contribution in [0.3, 0.4) is 0 Å². The van der Waals surface area contributed by atoms with Crippen molar-refractivity contribution in [1.29, 1.82) is 0 Å². The molecule has 0 spiro atoms. The van der Waals surface area contributed by atoms with Gasteiger partial charge in [0.2, 0.25) is 0 Å². The third-order valence-corrected chi connectivity index (χ3v) is 9.12. The van der Waals surface area contributed by atoms with E-state index in [1.807, 2.05) is 27.7 Å². The zero-order chi connectivity index (χ0) is 38.3. The molecule has 5 aromatic rings. The van der Waals surface area contributed by atoms with Gasteiger partial charge >= 0.3 is 170 Å². The molecule has 0 aliphatic heterocycles. The molecule has 9 heteroatoms. The number of hydrogen-bond acceptors (Lipinski definition) is 4. The number of carbonyl (C=O) groups is 1. The number of hydrogen-bond donors (Lipinski definition) is 1. The molecule has 0 bridgehead atoms. The van der Waals surface area contributed by atoms with Crippen LogP contribution in [-0.2, 0) is 31.1 Å². The molecule has 5 rings (SSSR count). The van der Waals surface area contributed by atoms with Crippen LogP contribution in [0.4, 0.5) is 13.2 Å². The van der Waals surface area contributed by atoms with Crippen molar-refractivity contribution < 1.29 is 55.5 Å². The standard InChI is InChI=1S/C21H10F3N2Se.C13H24O2.Ir/c22-21(23,24)18-14-7-3-1-5-12(14)9-15-19(25-11-26-20(15)18)17-10-13-6-2-4-8-16(13)27-17;1-5-10(6-2)12(14)9-13(15)11(7-3)8-4;/h1-9,11H;9-11,14H,5-8H2,1-4H3;/q-1;;/b;12-9-;/i1D,2D,3D,4D,5D,6D,7D,8D,11D;;. The number of aromatic nitrogens is 2. The summed E-state index contributed by atoms with van der Waals surface area (Å²) in [6.07, 6.45) is -0.966. The Labute approximate surface area is 282 Å². The summed E-state index contributed by atoms with van der Waals surface area (Å²) >= 11 is -0.858. The maximum absolute atomic E-state index is 14.4. The molecule has 0 aliphatic carbocycles. The molecule has 0 fully saturated rings. The second kappa shape index (κ2) is 15.3. The molecule has 3 aromatic carbocycles. The summed E-state index contributed by atoms with van der Waals surface area (Å²) in [6.45, 7) is 8.07. The fraction of sp³-hybridized carbons (Fsp3) is 0.324.